The molecule has 2 unspecified atom stereocenters. The number of fused-ring (bicyclic) bond motifs is 1. The highest BCUT2D eigenvalue weighted by atomic mass is 32.7. The fraction of sp³-hybridized carbons (Fsp3) is 0.417. The fourth-order valence-corrected chi connectivity index (χ4v) is 3.84. The normalized spacial score (nSPS) is 20.1. The molecule has 2 rings (SSSR count). The molecule has 0 fully saturated rings. The smallest absolute Gasteiger partial charge is 0.153 e. The molecular weight excluding hydrogens is 221 g/mol. The molecule has 1 nitrogen and oxygen atoms in total. The van der Waals surface area contributed by atoms with E-state index in [4.69, 9.17) is 0 Å². The Hall–Kier alpha value is -0.460. The Morgan fingerprint density at radius 3 is 3.33 bits per heavy atom. The van der Waals surface area contributed by atoms with Crippen LogP contribution in [0.5, 0.6) is 0 Å². The van der Waals surface area contributed by atoms with Crippen molar-refractivity contribution in [2.45, 2.75) is 12.8 Å². The van der Waals surface area contributed by atoms with Gasteiger partial charge in [0.1, 0.15) is 6.66 Å². The van der Waals surface area contributed by atoms with Crippen molar-refractivity contribution in [3.8, 4) is 0 Å². The van der Waals surface area contributed by atoms with Crippen molar-refractivity contribution in [3.63, 3.8) is 0 Å². The summed E-state index contributed by atoms with van der Waals surface area (Å²) < 4.78 is 0. The zero-order valence-electron chi connectivity index (χ0n) is 9.07. The summed E-state index contributed by atoms with van der Waals surface area (Å²) in [4.78, 5) is 3.25. The molecule has 1 aromatic heterocycles. The van der Waals surface area contributed by atoms with Crippen LogP contribution in [-0.2, 0) is 0 Å². The molecule has 1 aliphatic carbocycles. The van der Waals surface area contributed by atoms with Crippen LogP contribution >= 0.6 is 18.1 Å². The van der Waals surface area contributed by atoms with E-state index in [1.165, 1.54) is 29.2 Å². The van der Waals surface area contributed by atoms with E-state index in [0.717, 1.165) is 5.92 Å². The average Bonchev–Trinajstić information content (AvgIpc) is 2.64. The Morgan fingerprint density at radius 1 is 1.67 bits per heavy atom. The van der Waals surface area contributed by atoms with Crippen LogP contribution in [0, 0.1) is 5.92 Å². The number of hydrogen-bond donors (Lipinski definition) is 1. The maximum atomic E-state index is 4.05. The van der Waals surface area contributed by atoms with Crippen molar-refractivity contribution < 1.29 is 0 Å². The molecule has 0 spiro atoms. The molecule has 0 saturated carbocycles. The first-order chi connectivity index (χ1) is 7.25. The molecule has 0 saturated heterocycles. The lowest BCUT2D eigenvalue weighted by atomic mass is 9.98. The Bertz CT molecular complexity index is 460. The minimum atomic E-state index is -0.0343. The molecule has 1 aromatic rings. The van der Waals surface area contributed by atoms with E-state index in [-0.39, 0.29) is 6.75 Å². The van der Waals surface area contributed by atoms with Crippen LogP contribution in [0.2, 0.25) is 0 Å². The molecule has 1 N–H and O–H groups in total. The van der Waals surface area contributed by atoms with Gasteiger partial charge in [0.05, 0.1) is 17.7 Å². The van der Waals surface area contributed by atoms with E-state index in [1.807, 2.05) is 17.6 Å². The quantitative estimate of drug-likeness (QED) is 0.795. The van der Waals surface area contributed by atoms with Crippen molar-refractivity contribution in [2.24, 2.45) is 5.92 Å². The zero-order valence-corrected chi connectivity index (χ0v) is 10.8. The molecule has 0 aromatic carbocycles. The van der Waals surface area contributed by atoms with Gasteiger partial charge in [-0.05, 0) is 30.0 Å². The second-order valence-corrected chi connectivity index (χ2v) is 8.53. The third kappa shape index (κ3) is 2.99. The highest BCUT2D eigenvalue weighted by Crippen LogP contribution is 2.34. The van der Waals surface area contributed by atoms with Crippen molar-refractivity contribution in [1.29, 1.82) is 0 Å². The summed E-state index contributed by atoms with van der Waals surface area (Å²) in [5.41, 5.74) is 0. The largest absolute Gasteiger partial charge is 0.361 e. The Balaban J connectivity index is 1.95. The maximum absolute atomic E-state index is 4.05. The summed E-state index contributed by atoms with van der Waals surface area (Å²) >= 11 is 2.02. The van der Waals surface area contributed by atoms with Crippen LogP contribution in [0.1, 0.15) is 12.8 Å². The number of nitrogens with one attached hydrogen (secondary N) is 1. The van der Waals surface area contributed by atoms with Gasteiger partial charge < -0.3 is 4.98 Å². The fourth-order valence-electron chi connectivity index (χ4n) is 1.87. The van der Waals surface area contributed by atoms with Gasteiger partial charge in [-0.1, -0.05) is 12.2 Å². The monoisotopic (exact) mass is 238 g/mol. The van der Waals surface area contributed by atoms with E-state index >= 15 is 0 Å². The Morgan fingerprint density at radius 2 is 2.53 bits per heavy atom. The number of H-pyrrole nitrogens is 1. The predicted molar refractivity (Wildman–Crippen MR) is 74.1 cm³/mol. The number of aromatic amines is 1. The topological polar surface area (TPSA) is 15.8 Å². The minimum absolute atomic E-state index is 0.0343. The third-order valence-corrected chi connectivity index (χ3v) is 5.38. The van der Waals surface area contributed by atoms with Gasteiger partial charge in [0, 0.05) is 17.3 Å². The van der Waals surface area contributed by atoms with Crippen molar-refractivity contribution >= 4 is 36.6 Å². The van der Waals surface area contributed by atoms with Crippen LogP contribution in [0.25, 0.3) is 12.2 Å². The summed E-state index contributed by atoms with van der Waals surface area (Å²) in [6.45, 7) is 2.19. The van der Waals surface area contributed by atoms with Crippen LogP contribution in [0.3, 0.4) is 0 Å². The SMILES string of the molecule is C=[P+](C)SCCC1C=c2cc[nH]c2=CC1. The molecule has 80 valence electrons. The highest BCUT2D eigenvalue weighted by Gasteiger charge is 2.09. The highest BCUT2D eigenvalue weighted by molar-refractivity contribution is 8.54. The molecular formula is C12H17NPS+. The summed E-state index contributed by atoms with van der Waals surface area (Å²) in [6, 6.07) is 2.17. The van der Waals surface area contributed by atoms with E-state index in [9.17, 15) is 0 Å². The maximum Gasteiger partial charge on any atom is 0.153 e. The van der Waals surface area contributed by atoms with Crippen LogP contribution in [0.4, 0.5) is 0 Å². The second-order valence-electron chi connectivity index (χ2n) is 3.96. The molecule has 1 aliphatic rings. The van der Waals surface area contributed by atoms with Gasteiger partial charge in [0.25, 0.3) is 0 Å². The molecule has 0 radical (unpaired) electrons. The lowest BCUT2D eigenvalue weighted by Gasteiger charge is -2.10. The average molecular weight is 238 g/mol. The number of hydrogen-bond acceptors (Lipinski definition) is 1. The molecule has 2 atom stereocenters. The van der Waals surface area contributed by atoms with Gasteiger partial charge in [-0.25, -0.2) is 0 Å². The lowest BCUT2D eigenvalue weighted by molar-refractivity contribution is 0.688. The van der Waals surface area contributed by atoms with Gasteiger partial charge in [-0.3, -0.25) is 0 Å². The second kappa shape index (κ2) is 5.05. The van der Waals surface area contributed by atoms with E-state index < -0.39 is 0 Å². The van der Waals surface area contributed by atoms with Gasteiger partial charge in [-0.2, -0.15) is 0 Å². The first kappa shape index (κ1) is 11.0. The van der Waals surface area contributed by atoms with Crippen LogP contribution in [0.15, 0.2) is 12.3 Å². The summed E-state index contributed by atoms with van der Waals surface area (Å²) in [7, 11) is 0. The van der Waals surface area contributed by atoms with Crippen molar-refractivity contribution in [3.05, 3.63) is 22.8 Å². The standard InChI is InChI=1S/C12H17NPS/c1-14(2)15-8-6-10-3-4-12-11(9-10)5-7-13-12/h4-5,7,9-10,13H,1,3,6,8H2,2H3/q+1. The van der Waals surface area contributed by atoms with E-state index in [0.29, 0.717) is 0 Å². The van der Waals surface area contributed by atoms with E-state index in [1.54, 1.807) is 0 Å². The van der Waals surface area contributed by atoms with Gasteiger partial charge in [0.15, 0.2) is 6.75 Å². The Labute approximate surface area is 95.8 Å². The Kier molecular flexibility index (Phi) is 3.71. The lowest BCUT2D eigenvalue weighted by Crippen LogP contribution is -2.27. The van der Waals surface area contributed by atoms with Crippen molar-refractivity contribution in [2.75, 3.05) is 12.4 Å². The molecule has 0 aliphatic heterocycles. The summed E-state index contributed by atoms with van der Waals surface area (Å²) in [5, 5.41) is 2.68. The number of aromatic nitrogens is 1. The zero-order chi connectivity index (χ0) is 10.7. The summed E-state index contributed by atoms with van der Waals surface area (Å²) in [6.07, 6.45) is 13.3. The van der Waals surface area contributed by atoms with Crippen LogP contribution < -0.4 is 10.6 Å². The predicted octanol–water partition coefficient (Wildman–Crippen LogP) is 2.18. The van der Waals surface area contributed by atoms with Gasteiger partial charge >= 0.3 is 0 Å². The molecule has 3 heteroatoms. The molecule has 15 heavy (non-hydrogen) atoms. The first-order valence-corrected chi connectivity index (χ1v) is 8.85. The van der Waals surface area contributed by atoms with Crippen LogP contribution in [-0.4, -0.2) is 23.7 Å². The third-order valence-electron chi connectivity index (χ3n) is 2.65. The van der Waals surface area contributed by atoms with Crippen molar-refractivity contribution in [1.82, 2.24) is 4.98 Å². The number of rotatable bonds is 4. The molecule has 1 heterocycles. The minimum Gasteiger partial charge on any atom is -0.361 e. The summed E-state index contributed by atoms with van der Waals surface area (Å²) in [5.74, 6) is 1.98. The van der Waals surface area contributed by atoms with Gasteiger partial charge in [-0.15, -0.1) is 0 Å². The first-order valence-electron chi connectivity index (χ1n) is 5.28. The molecule has 0 bridgehead atoms. The van der Waals surface area contributed by atoms with E-state index in [2.05, 4.69) is 36.2 Å². The van der Waals surface area contributed by atoms with Gasteiger partial charge in [0.2, 0.25) is 0 Å². The molecule has 0 amide bonds.